The zero-order valence-corrected chi connectivity index (χ0v) is 13.9. The molecule has 0 aliphatic heterocycles. The second kappa shape index (κ2) is 6.21. The highest BCUT2D eigenvalue weighted by Gasteiger charge is 2.22. The highest BCUT2D eigenvalue weighted by molar-refractivity contribution is 7.69. The fourth-order valence-electron chi connectivity index (χ4n) is 2.48. The lowest BCUT2D eigenvalue weighted by atomic mass is 10.2. The third-order valence-electron chi connectivity index (χ3n) is 3.53. The molecule has 2 aromatic carbocycles. The lowest BCUT2D eigenvalue weighted by molar-refractivity contribution is 0.112. The van der Waals surface area contributed by atoms with Gasteiger partial charge >= 0.3 is 0 Å². The van der Waals surface area contributed by atoms with E-state index in [2.05, 4.69) is 4.98 Å². The van der Waals surface area contributed by atoms with E-state index in [1.54, 1.807) is 13.2 Å². The first-order valence-corrected chi connectivity index (χ1v) is 8.45. The summed E-state index contributed by atoms with van der Waals surface area (Å²) in [5.41, 5.74) is 2.62. The number of fused-ring (bicyclic) bond motifs is 1. The molecule has 0 radical (unpaired) electrons. The Labute approximate surface area is 135 Å². The van der Waals surface area contributed by atoms with Crippen molar-refractivity contribution in [3.05, 3.63) is 58.7 Å². The van der Waals surface area contributed by atoms with Gasteiger partial charge < -0.3 is 9.51 Å². The minimum absolute atomic E-state index is 0.547. The summed E-state index contributed by atoms with van der Waals surface area (Å²) in [6, 6.07) is 13.7. The molecule has 0 aliphatic carbocycles. The van der Waals surface area contributed by atoms with Crippen molar-refractivity contribution in [2.24, 2.45) is 0 Å². The molecule has 0 fully saturated rings. The van der Waals surface area contributed by atoms with Gasteiger partial charge in [-0.15, -0.1) is 0 Å². The SMILES string of the molecule is COP(c1ccc(C)cc1)c1c(C=O)[nH]c2ccc(Cl)cc12. The van der Waals surface area contributed by atoms with Crippen molar-refractivity contribution >= 4 is 47.5 Å². The molecule has 3 nitrogen and oxygen atoms in total. The van der Waals surface area contributed by atoms with E-state index in [0.717, 1.165) is 27.8 Å². The van der Waals surface area contributed by atoms with Crippen LogP contribution in [0.4, 0.5) is 0 Å². The normalized spacial score (nSPS) is 12.5. The van der Waals surface area contributed by atoms with Crippen molar-refractivity contribution in [3.8, 4) is 0 Å². The number of rotatable bonds is 4. The molecule has 112 valence electrons. The molecular formula is C17H15ClNO2P. The first-order valence-electron chi connectivity index (χ1n) is 6.81. The zero-order valence-electron chi connectivity index (χ0n) is 12.3. The van der Waals surface area contributed by atoms with Gasteiger partial charge in [0.25, 0.3) is 0 Å². The van der Waals surface area contributed by atoms with Gasteiger partial charge in [0, 0.05) is 33.6 Å². The van der Waals surface area contributed by atoms with Crippen LogP contribution in [-0.2, 0) is 4.52 Å². The molecule has 0 aliphatic rings. The lowest BCUT2D eigenvalue weighted by Crippen LogP contribution is -2.15. The molecule has 0 amide bonds. The number of H-pyrrole nitrogens is 1. The second-order valence-electron chi connectivity index (χ2n) is 5.01. The lowest BCUT2D eigenvalue weighted by Gasteiger charge is -2.16. The maximum Gasteiger partial charge on any atom is 0.167 e. The topological polar surface area (TPSA) is 42.1 Å². The summed E-state index contributed by atoms with van der Waals surface area (Å²) >= 11 is 6.12. The number of hydrogen-bond donors (Lipinski definition) is 1. The number of aldehydes is 1. The predicted octanol–water partition coefficient (Wildman–Crippen LogP) is 3.94. The number of benzene rings is 2. The third-order valence-corrected chi connectivity index (χ3v) is 5.79. The number of halogens is 1. The predicted molar refractivity (Wildman–Crippen MR) is 93.1 cm³/mol. The number of nitrogens with one attached hydrogen (secondary N) is 1. The Bertz CT molecular complexity index is 827. The Balaban J connectivity index is 2.23. The van der Waals surface area contributed by atoms with Crippen LogP contribution in [0.15, 0.2) is 42.5 Å². The van der Waals surface area contributed by atoms with Crippen molar-refractivity contribution in [1.29, 1.82) is 0 Å². The van der Waals surface area contributed by atoms with Gasteiger partial charge in [-0.1, -0.05) is 41.4 Å². The van der Waals surface area contributed by atoms with Crippen molar-refractivity contribution in [2.45, 2.75) is 6.92 Å². The van der Waals surface area contributed by atoms with Gasteiger partial charge in [-0.25, -0.2) is 0 Å². The number of aromatic amines is 1. The van der Waals surface area contributed by atoms with E-state index >= 15 is 0 Å². The van der Waals surface area contributed by atoms with Gasteiger partial charge in [0.15, 0.2) is 6.29 Å². The summed E-state index contributed by atoms with van der Waals surface area (Å²) in [6.45, 7) is 2.04. The Morgan fingerprint density at radius 2 is 1.91 bits per heavy atom. The number of aryl methyl sites for hydroxylation is 1. The van der Waals surface area contributed by atoms with Gasteiger partial charge in [-0.2, -0.15) is 0 Å². The number of carbonyl (C=O) groups is 1. The van der Waals surface area contributed by atoms with E-state index in [1.165, 1.54) is 5.56 Å². The Kier molecular flexibility index (Phi) is 4.30. The van der Waals surface area contributed by atoms with Crippen LogP contribution in [0.25, 0.3) is 10.9 Å². The minimum Gasteiger partial charge on any atom is -0.353 e. The Morgan fingerprint density at radius 3 is 2.55 bits per heavy atom. The monoisotopic (exact) mass is 331 g/mol. The molecule has 1 atom stereocenters. The molecule has 3 aromatic rings. The Morgan fingerprint density at radius 1 is 1.18 bits per heavy atom. The van der Waals surface area contributed by atoms with Crippen molar-refractivity contribution in [1.82, 2.24) is 4.98 Å². The van der Waals surface area contributed by atoms with Crippen LogP contribution in [0.2, 0.25) is 5.02 Å². The highest BCUT2D eigenvalue weighted by atomic mass is 35.5. The van der Waals surface area contributed by atoms with Crippen LogP contribution < -0.4 is 10.6 Å². The van der Waals surface area contributed by atoms with Gasteiger partial charge in [0.05, 0.1) is 13.8 Å². The van der Waals surface area contributed by atoms with Crippen LogP contribution in [0.1, 0.15) is 16.1 Å². The fraction of sp³-hybridized carbons (Fsp3) is 0.118. The van der Waals surface area contributed by atoms with E-state index in [-0.39, 0.29) is 0 Å². The van der Waals surface area contributed by atoms with Crippen LogP contribution in [0.5, 0.6) is 0 Å². The first-order chi connectivity index (χ1) is 10.6. The maximum absolute atomic E-state index is 11.5. The average molecular weight is 332 g/mol. The number of hydrogen-bond acceptors (Lipinski definition) is 2. The molecule has 22 heavy (non-hydrogen) atoms. The standard InChI is InChI=1S/C17H15ClNO2P/c1-11-3-6-13(7-4-11)22(21-2)17-14-9-12(18)5-8-15(14)19-16(17)10-20/h3-10,19H,1-2H3. The van der Waals surface area contributed by atoms with E-state index in [1.807, 2.05) is 43.3 Å². The largest absolute Gasteiger partial charge is 0.353 e. The molecule has 1 unspecified atom stereocenters. The maximum atomic E-state index is 11.5. The van der Waals surface area contributed by atoms with Crippen molar-refractivity contribution in [2.75, 3.05) is 7.11 Å². The summed E-state index contributed by atoms with van der Waals surface area (Å²) in [4.78, 5) is 14.6. The van der Waals surface area contributed by atoms with Gasteiger partial charge in [-0.05, 0) is 25.1 Å². The van der Waals surface area contributed by atoms with Crippen LogP contribution >= 0.6 is 19.7 Å². The number of carbonyl (C=O) groups excluding carboxylic acids is 1. The van der Waals surface area contributed by atoms with E-state index in [9.17, 15) is 4.79 Å². The van der Waals surface area contributed by atoms with Gasteiger partial charge in [0.1, 0.15) is 0 Å². The van der Waals surface area contributed by atoms with E-state index in [0.29, 0.717) is 10.7 Å². The van der Waals surface area contributed by atoms with Crippen LogP contribution in [0.3, 0.4) is 0 Å². The van der Waals surface area contributed by atoms with Crippen LogP contribution in [-0.4, -0.2) is 18.4 Å². The van der Waals surface area contributed by atoms with Gasteiger partial charge in [0.2, 0.25) is 0 Å². The Hall–Kier alpha value is -1.67. The molecule has 0 saturated heterocycles. The smallest absolute Gasteiger partial charge is 0.167 e. The molecule has 5 heteroatoms. The van der Waals surface area contributed by atoms with Crippen LogP contribution in [0, 0.1) is 6.92 Å². The van der Waals surface area contributed by atoms with Crippen molar-refractivity contribution < 1.29 is 9.32 Å². The highest BCUT2D eigenvalue weighted by Crippen LogP contribution is 2.38. The molecule has 3 rings (SSSR count). The molecule has 1 heterocycles. The molecule has 1 N–H and O–H groups in total. The molecule has 1 aromatic heterocycles. The zero-order chi connectivity index (χ0) is 15.7. The average Bonchev–Trinajstić information content (AvgIpc) is 2.88. The number of aromatic nitrogens is 1. The van der Waals surface area contributed by atoms with E-state index < -0.39 is 8.15 Å². The minimum atomic E-state index is -1.08. The molecular weight excluding hydrogens is 317 g/mol. The summed E-state index contributed by atoms with van der Waals surface area (Å²) < 4.78 is 5.75. The third kappa shape index (κ3) is 2.68. The summed E-state index contributed by atoms with van der Waals surface area (Å²) in [5.74, 6) is 0. The molecule has 0 bridgehead atoms. The second-order valence-corrected chi connectivity index (χ2v) is 7.36. The summed E-state index contributed by atoms with van der Waals surface area (Å²) in [7, 11) is 0.586. The fourth-order valence-corrected chi connectivity index (χ4v) is 4.46. The van der Waals surface area contributed by atoms with E-state index in [4.69, 9.17) is 16.1 Å². The molecule has 0 saturated carbocycles. The summed E-state index contributed by atoms with van der Waals surface area (Å²) in [6.07, 6.45) is 0.839. The quantitative estimate of drug-likeness (QED) is 0.581. The first kappa shape index (κ1) is 15.2. The van der Waals surface area contributed by atoms with Crippen molar-refractivity contribution in [3.63, 3.8) is 0 Å². The van der Waals surface area contributed by atoms with Gasteiger partial charge in [-0.3, -0.25) is 4.79 Å². The summed E-state index contributed by atoms with van der Waals surface area (Å²) in [5, 5.41) is 3.52. The molecule has 0 spiro atoms.